The Morgan fingerprint density at radius 2 is 0.966 bits per heavy atom. The molecule has 4 aliphatic rings. The normalized spacial score (nSPS) is 14.1. The molecule has 0 aliphatic carbocycles. The second-order valence-corrected chi connectivity index (χ2v) is 36.7. The molecule has 5 N–H and O–H groups in total. The predicted molar refractivity (Wildman–Crippen MR) is 337 cm³/mol. The van der Waals surface area contributed by atoms with Crippen molar-refractivity contribution in [3.8, 4) is 34.5 Å². The van der Waals surface area contributed by atoms with E-state index < -0.39 is 42.0 Å². The second kappa shape index (κ2) is 35.8. The predicted octanol–water partition coefficient (Wildman–Crippen LogP) is 10.8. The number of fused-ring (bicyclic) bond motifs is 3. The number of aliphatic hydroxyl groups is 1. The van der Waals surface area contributed by atoms with E-state index in [0.29, 0.717) is 102 Å². The van der Waals surface area contributed by atoms with E-state index in [1.807, 2.05) is 33.8 Å². The maximum atomic E-state index is 12.5. The summed E-state index contributed by atoms with van der Waals surface area (Å²) in [6.45, 7) is 26.4. The molecule has 0 amide bonds. The average Bonchev–Trinajstić information content (AvgIpc) is 1.54. The molecule has 1 fully saturated rings. The van der Waals surface area contributed by atoms with Gasteiger partial charge in [-0.1, -0.05) is 62.6 Å². The van der Waals surface area contributed by atoms with Gasteiger partial charge >= 0.3 is 37.4 Å². The molecular weight excluding hydrogens is 1200 g/mol. The number of hydrogen-bond donors (Lipinski definition) is 5. The Hall–Kier alpha value is -6.25. The Balaban J connectivity index is 0.000000317. The number of phenolic OH excluding ortho intramolecular Hbond substituents is 2. The van der Waals surface area contributed by atoms with Gasteiger partial charge in [0.2, 0.25) is 0 Å². The first-order valence-corrected chi connectivity index (χ1v) is 38.5. The maximum absolute atomic E-state index is 12.5. The third-order valence-corrected chi connectivity index (χ3v) is 18.6. The number of esters is 5. The summed E-state index contributed by atoms with van der Waals surface area (Å²) in [6.07, 6.45) is 8.71. The van der Waals surface area contributed by atoms with Crippen LogP contribution in [0, 0.1) is 20.8 Å². The minimum absolute atomic E-state index is 0.0394. The number of cyclic esters (lactones) is 3. The van der Waals surface area contributed by atoms with Crippen molar-refractivity contribution in [2.45, 2.75) is 164 Å². The van der Waals surface area contributed by atoms with Crippen LogP contribution in [0.15, 0.2) is 23.3 Å². The maximum Gasteiger partial charge on any atom is 0.350 e. The number of hydrogen-bond acceptors (Lipinski definition) is 20. The van der Waals surface area contributed by atoms with Gasteiger partial charge in [-0.2, -0.15) is 0 Å². The van der Waals surface area contributed by atoms with Crippen LogP contribution in [0.1, 0.15) is 134 Å². The van der Waals surface area contributed by atoms with Crippen LogP contribution in [-0.4, -0.2) is 146 Å². The lowest BCUT2D eigenvalue weighted by Gasteiger charge is -2.21. The molecule has 25 heteroatoms. The summed E-state index contributed by atoms with van der Waals surface area (Å²) in [5.41, 5.74) is 9.16. The highest BCUT2D eigenvalue weighted by Gasteiger charge is 2.35. The number of methoxy groups -OCH3 is 5. The third kappa shape index (κ3) is 23.0. The summed E-state index contributed by atoms with van der Waals surface area (Å²) < 4.78 is 67.8. The standard InChI is InChI=1S/C23H34O6Si.C18H22O6.C13H17O8P.C5H14OSi.C4H8O/c1-15(9-11-19(24)26-3)8-10-17-21(27-4)16(2)18-14-29-23(25)20(18)22(17)28-12-13-30(5,6)7;1-10(6-8-14(19)22-3)5-7-12-16(20)15-13(9-24-18(15)21)11(2)17(12)23-4;1-7-9-5-21-13(15)10(9)11(14)8(12(7)19-2)3-4-20-6-22(16,17)18;1-7(2,3)5-4-6;1-2-4-5-3-1/h8H,9-14H2,1-7H3;5,20H,6-9H2,1-4H3;14H,3-6H2,1-2H3,(H2,16,17,18);6H,4-5H2,1-3H3;1-4H2/b15-8+;10-5+;;;. The van der Waals surface area contributed by atoms with Gasteiger partial charge in [0.25, 0.3) is 0 Å². The van der Waals surface area contributed by atoms with Crippen molar-refractivity contribution >= 4 is 53.6 Å². The van der Waals surface area contributed by atoms with Crippen molar-refractivity contribution in [3.63, 3.8) is 0 Å². The molecular formula is C63H95O22PSi2. The van der Waals surface area contributed by atoms with Crippen LogP contribution in [0.4, 0.5) is 0 Å². The molecule has 88 heavy (non-hydrogen) atoms. The molecule has 4 aliphatic heterocycles. The van der Waals surface area contributed by atoms with Crippen LogP contribution in [0.25, 0.3) is 0 Å². The summed E-state index contributed by atoms with van der Waals surface area (Å²) >= 11 is 0. The summed E-state index contributed by atoms with van der Waals surface area (Å²) in [5.74, 6) is -0.00561. The second-order valence-electron chi connectivity index (χ2n) is 23.9. The average molecular weight is 1290 g/mol. The van der Waals surface area contributed by atoms with E-state index in [9.17, 15) is 38.8 Å². The molecule has 0 saturated carbocycles. The van der Waals surface area contributed by atoms with Crippen LogP contribution in [0.2, 0.25) is 51.4 Å². The highest BCUT2D eigenvalue weighted by atomic mass is 31.2. The quantitative estimate of drug-likeness (QED) is 0.0139. The van der Waals surface area contributed by atoms with E-state index in [4.69, 9.17) is 62.3 Å². The fraction of sp³-hybridized carbons (Fsp3) is 0.571. The minimum atomic E-state index is -4.24. The zero-order valence-corrected chi connectivity index (χ0v) is 57.3. The van der Waals surface area contributed by atoms with Gasteiger partial charge in [0.1, 0.15) is 77.4 Å². The van der Waals surface area contributed by atoms with Gasteiger partial charge < -0.3 is 77.2 Å². The molecule has 0 atom stereocenters. The number of benzene rings is 3. The zero-order chi connectivity index (χ0) is 66.3. The van der Waals surface area contributed by atoms with E-state index in [1.165, 1.54) is 41.3 Å². The van der Waals surface area contributed by atoms with Crippen molar-refractivity contribution in [3.05, 3.63) is 90.1 Å². The van der Waals surface area contributed by atoms with E-state index in [2.05, 4.69) is 50.1 Å². The van der Waals surface area contributed by atoms with E-state index in [0.717, 1.165) is 64.5 Å². The topological polar surface area (TPSA) is 305 Å². The first-order valence-electron chi connectivity index (χ1n) is 29.3. The SMILES string of the molecule is C1CCOC1.COC(=O)CC/C(C)=C/Cc1c(O)c2c(c(C)c1OC)COC2=O.COC(=O)CC/C(C)=C/Cc1c(OC)c(C)c2c(c1OCC[Si](C)(C)C)C(=O)OC2.COc1c(C)c2c(c(O)c1CCOCP(=O)(O)O)C(=O)OC2.C[Si](C)(C)CCO. The summed E-state index contributed by atoms with van der Waals surface area (Å²) in [6, 6.07) is 2.02. The number of ether oxygens (including phenoxy) is 11. The Labute approximate surface area is 520 Å². The Kier molecular flexibility index (Phi) is 30.9. The molecule has 492 valence electrons. The van der Waals surface area contributed by atoms with Crippen molar-refractivity contribution in [1.29, 1.82) is 0 Å². The summed E-state index contributed by atoms with van der Waals surface area (Å²) in [7, 11) is 0.910. The first kappa shape index (κ1) is 76.0. The minimum Gasteiger partial charge on any atom is -0.507 e. The number of allylic oxidation sites excluding steroid dienone is 4. The van der Waals surface area contributed by atoms with Crippen LogP contribution >= 0.6 is 7.60 Å². The number of carbonyl (C=O) groups excluding carboxylic acids is 5. The molecule has 0 radical (unpaired) electrons. The monoisotopic (exact) mass is 1290 g/mol. The Morgan fingerprint density at radius 3 is 1.34 bits per heavy atom. The Bertz CT molecular complexity index is 3010. The number of aromatic hydroxyl groups is 2. The molecule has 3 aromatic rings. The zero-order valence-electron chi connectivity index (χ0n) is 54.4. The van der Waals surface area contributed by atoms with E-state index in [1.54, 1.807) is 14.0 Å². The van der Waals surface area contributed by atoms with Gasteiger partial charge in [-0.3, -0.25) is 14.2 Å². The molecule has 0 bridgehead atoms. The van der Waals surface area contributed by atoms with Crippen molar-refractivity contribution < 1.29 is 106 Å². The fourth-order valence-corrected chi connectivity index (χ4v) is 11.2. The molecule has 4 heterocycles. The lowest BCUT2D eigenvalue weighted by Crippen LogP contribution is -2.23. The van der Waals surface area contributed by atoms with Gasteiger partial charge in [0.05, 0.1) is 48.8 Å². The molecule has 0 spiro atoms. The van der Waals surface area contributed by atoms with Crippen LogP contribution < -0.4 is 18.9 Å². The largest absolute Gasteiger partial charge is 0.507 e. The smallest absolute Gasteiger partial charge is 0.350 e. The van der Waals surface area contributed by atoms with E-state index >= 15 is 0 Å². The highest BCUT2D eigenvalue weighted by molar-refractivity contribution is 7.51. The van der Waals surface area contributed by atoms with Crippen LogP contribution in [0.3, 0.4) is 0 Å². The molecule has 7 rings (SSSR count). The number of carbonyl (C=O) groups is 5. The number of phenols is 2. The molecule has 22 nitrogen and oxygen atoms in total. The molecule has 1 saturated heterocycles. The van der Waals surface area contributed by atoms with Gasteiger partial charge in [-0.15, -0.1) is 0 Å². The van der Waals surface area contributed by atoms with Gasteiger partial charge in [0.15, 0.2) is 0 Å². The fourth-order valence-electron chi connectivity index (χ4n) is 9.49. The highest BCUT2D eigenvalue weighted by Crippen LogP contribution is 2.45. The van der Waals surface area contributed by atoms with Crippen LogP contribution in [0.5, 0.6) is 34.5 Å². The van der Waals surface area contributed by atoms with Crippen molar-refractivity contribution in [2.24, 2.45) is 0 Å². The third-order valence-electron chi connectivity index (χ3n) is 14.7. The molecule has 0 aromatic heterocycles. The number of rotatable bonds is 24. The molecule has 3 aromatic carbocycles. The van der Waals surface area contributed by atoms with Gasteiger partial charge in [-0.05, 0) is 102 Å². The lowest BCUT2D eigenvalue weighted by molar-refractivity contribution is -0.141. The summed E-state index contributed by atoms with van der Waals surface area (Å²) in [5, 5.41) is 29.2. The lowest BCUT2D eigenvalue weighted by atomic mass is 9.94. The van der Waals surface area contributed by atoms with Crippen molar-refractivity contribution in [1.82, 2.24) is 0 Å². The van der Waals surface area contributed by atoms with Gasteiger partial charge in [-0.25, -0.2) is 14.4 Å². The summed E-state index contributed by atoms with van der Waals surface area (Å²) in [4.78, 5) is 76.1. The number of aliphatic hydroxyl groups excluding tert-OH is 1. The van der Waals surface area contributed by atoms with Crippen LogP contribution in [-0.2, 0) is 86.4 Å². The molecule has 0 unspecified atom stereocenters. The van der Waals surface area contributed by atoms with Crippen molar-refractivity contribution in [2.75, 3.05) is 74.9 Å². The Morgan fingerprint density at radius 1 is 0.568 bits per heavy atom. The van der Waals surface area contributed by atoms with E-state index in [-0.39, 0.29) is 73.4 Å². The first-order chi connectivity index (χ1) is 41.3. The van der Waals surface area contributed by atoms with Gasteiger partial charge in [0, 0.05) is 88.6 Å².